The maximum absolute atomic E-state index is 12.1. The molecular formula is C20H22N4O2. The van der Waals surface area contributed by atoms with Crippen molar-refractivity contribution in [3.8, 4) is 11.1 Å². The molecule has 0 atom stereocenters. The number of carbonyl (C=O) groups excluding carboxylic acids is 2. The minimum absolute atomic E-state index is 0.0818. The van der Waals surface area contributed by atoms with Gasteiger partial charge in [-0.2, -0.15) is 0 Å². The Morgan fingerprint density at radius 1 is 1.12 bits per heavy atom. The summed E-state index contributed by atoms with van der Waals surface area (Å²) in [6.07, 6.45) is 3.79. The number of nitrogens with one attached hydrogen (secondary N) is 2. The third kappa shape index (κ3) is 3.06. The van der Waals surface area contributed by atoms with Crippen LogP contribution < -0.4 is 10.6 Å². The highest BCUT2D eigenvalue weighted by Gasteiger charge is 2.16. The summed E-state index contributed by atoms with van der Waals surface area (Å²) in [6.45, 7) is 5.34. The van der Waals surface area contributed by atoms with Gasteiger partial charge in [0.15, 0.2) is 0 Å². The van der Waals surface area contributed by atoms with E-state index in [9.17, 15) is 9.59 Å². The molecule has 3 aromatic rings. The topological polar surface area (TPSA) is 76.0 Å². The molecule has 0 aliphatic rings. The second kappa shape index (κ2) is 6.63. The highest BCUT2D eigenvalue weighted by molar-refractivity contribution is 6.01. The molecule has 2 aromatic heterocycles. The van der Waals surface area contributed by atoms with Crippen LogP contribution in [0.3, 0.4) is 0 Å². The van der Waals surface area contributed by atoms with E-state index in [1.807, 2.05) is 49.9 Å². The summed E-state index contributed by atoms with van der Waals surface area (Å²) in [4.78, 5) is 27.7. The standard InChI is InChI=1S/C20H22N4O2/c1-11-6-14(7-12(2)19(11)20(26)21-4)16-10-24(5)17-9-22-18(8-15(16)17)23-13(3)25/h6-10H,1-5H3,(H,21,26)(H,22,23,25). The Morgan fingerprint density at radius 3 is 2.35 bits per heavy atom. The van der Waals surface area contributed by atoms with Gasteiger partial charge in [0.05, 0.1) is 11.7 Å². The van der Waals surface area contributed by atoms with Crippen molar-refractivity contribution < 1.29 is 9.59 Å². The molecule has 0 unspecified atom stereocenters. The highest BCUT2D eigenvalue weighted by Crippen LogP contribution is 2.33. The third-order valence-corrected chi connectivity index (χ3v) is 4.48. The van der Waals surface area contributed by atoms with Crippen LogP contribution in [0.25, 0.3) is 22.0 Å². The SMILES string of the molecule is CNC(=O)c1c(C)cc(-c2cn(C)c3cnc(NC(C)=O)cc23)cc1C. The Kier molecular flexibility index (Phi) is 4.50. The minimum atomic E-state index is -0.157. The van der Waals surface area contributed by atoms with Crippen molar-refractivity contribution in [2.75, 3.05) is 12.4 Å². The lowest BCUT2D eigenvalue weighted by Gasteiger charge is -2.11. The van der Waals surface area contributed by atoms with Gasteiger partial charge in [0.25, 0.3) is 5.91 Å². The molecule has 0 aliphatic heterocycles. The van der Waals surface area contributed by atoms with Crippen LogP contribution in [0.4, 0.5) is 5.82 Å². The quantitative estimate of drug-likeness (QED) is 0.762. The summed E-state index contributed by atoms with van der Waals surface area (Å²) < 4.78 is 2.01. The summed E-state index contributed by atoms with van der Waals surface area (Å²) in [5.74, 6) is 0.283. The van der Waals surface area contributed by atoms with Gasteiger partial charge >= 0.3 is 0 Å². The molecule has 0 aliphatic carbocycles. The van der Waals surface area contributed by atoms with E-state index in [4.69, 9.17) is 0 Å². The second-order valence-corrected chi connectivity index (χ2v) is 6.49. The van der Waals surface area contributed by atoms with Crippen molar-refractivity contribution >= 4 is 28.5 Å². The smallest absolute Gasteiger partial charge is 0.251 e. The van der Waals surface area contributed by atoms with Crippen molar-refractivity contribution in [2.24, 2.45) is 7.05 Å². The molecule has 2 N–H and O–H groups in total. The number of nitrogens with zero attached hydrogens (tertiary/aromatic N) is 2. The van der Waals surface area contributed by atoms with Gasteiger partial charge in [-0.25, -0.2) is 4.98 Å². The normalized spacial score (nSPS) is 10.8. The van der Waals surface area contributed by atoms with Crippen LogP contribution in [0.5, 0.6) is 0 Å². The fourth-order valence-corrected chi connectivity index (χ4v) is 3.36. The van der Waals surface area contributed by atoms with Gasteiger partial charge in [-0.1, -0.05) is 12.1 Å². The van der Waals surface area contributed by atoms with Crippen LogP contribution in [0.1, 0.15) is 28.4 Å². The molecule has 3 rings (SSSR count). The fourth-order valence-electron chi connectivity index (χ4n) is 3.36. The van der Waals surface area contributed by atoms with E-state index in [1.54, 1.807) is 13.2 Å². The number of fused-ring (bicyclic) bond motifs is 1. The number of hydrogen-bond acceptors (Lipinski definition) is 3. The van der Waals surface area contributed by atoms with Crippen LogP contribution in [-0.4, -0.2) is 28.4 Å². The molecule has 0 radical (unpaired) electrons. The van der Waals surface area contributed by atoms with Crippen LogP contribution in [0, 0.1) is 13.8 Å². The predicted molar refractivity (Wildman–Crippen MR) is 103 cm³/mol. The van der Waals surface area contributed by atoms with Gasteiger partial charge in [0, 0.05) is 43.7 Å². The van der Waals surface area contributed by atoms with Gasteiger partial charge in [0.1, 0.15) is 5.82 Å². The van der Waals surface area contributed by atoms with E-state index in [1.165, 1.54) is 6.92 Å². The molecule has 2 amide bonds. The summed E-state index contributed by atoms with van der Waals surface area (Å²) in [7, 11) is 3.60. The second-order valence-electron chi connectivity index (χ2n) is 6.49. The van der Waals surface area contributed by atoms with Crippen LogP contribution in [0.2, 0.25) is 0 Å². The molecule has 6 nitrogen and oxygen atoms in total. The maximum atomic E-state index is 12.1. The number of carbonyl (C=O) groups is 2. The first-order chi connectivity index (χ1) is 12.3. The van der Waals surface area contributed by atoms with E-state index in [2.05, 4.69) is 15.6 Å². The Hall–Kier alpha value is -3.15. The number of amides is 2. The molecule has 26 heavy (non-hydrogen) atoms. The molecule has 1 aromatic carbocycles. The number of anilines is 1. The monoisotopic (exact) mass is 350 g/mol. The number of rotatable bonds is 3. The van der Waals surface area contributed by atoms with Crippen molar-refractivity contribution in [3.05, 3.63) is 47.3 Å². The van der Waals surface area contributed by atoms with E-state index < -0.39 is 0 Å². The maximum Gasteiger partial charge on any atom is 0.251 e. The predicted octanol–water partition coefficient (Wildman–Crippen LogP) is 3.18. The third-order valence-electron chi connectivity index (χ3n) is 4.48. The lowest BCUT2D eigenvalue weighted by Crippen LogP contribution is -2.20. The first-order valence-electron chi connectivity index (χ1n) is 8.38. The average molecular weight is 350 g/mol. The number of benzene rings is 1. The summed E-state index contributed by atoms with van der Waals surface area (Å²) >= 11 is 0. The van der Waals surface area contributed by atoms with Crippen molar-refractivity contribution in [3.63, 3.8) is 0 Å². The van der Waals surface area contributed by atoms with Crippen molar-refractivity contribution in [1.29, 1.82) is 0 Å². The number of hydrogen-bond donors (Lipinski definition) is 2. The minimum Gasteiger partial charge on any atom is -0.355 e. The van der Waals surface area contributed by atoms with Gasteiger partial charge in [-0.15, -0.1) is 0 Å². The first kappa shape index (κ1) is 17.7. The van der Waals surface area contributed by atoms with E-state index in [0.29, 0.717) is 11.4 Å². The van der Waals surface area contributed by atoms with Gasteiger partial charge in [0.2, 0.25) is 5.91 Å². The Labute approximate surface area is 152 Å². The number of pyridine rings is 1. The number of aromatic nitrogens is 2. The largest absolute Gasteiger partial charge is 0.355 e. The van der Waals surface area contributed by atoms with Gasteiger partial charge in [-0.05, 0) is 36.6 Å². The fraction of sp³-hybridized carbons (Fsp3) is 0.250. The highest BCUT2D eigenvalue weighted by atomic mass is 16.2. The summed E-state index contributed by atoms with van der Waals surface area (Å²) in [5.41, 5.74) is 5.58. The van der Waals surface area contributed by atoms with E-state index >= 15 is 0 Å². The summed E-state index contributed by atoms with van der Waals surface area (Å²) in [6, 6.07) is 5.92. The molecule has 2 heterocycles. The van der Waals surface area contributed by atoms with E-state index in [-0.39, 0.29) is 11.8 Å². The van der Waals surface area contributed by atoms with E-state index in [0.717, 1.165) is 33.2 Å². The van der Waals surface area contributed by atoms with Gasteiger partial charge < -0.3 is 15.2 Å². The molecule has 0 fully saturated rings. The molecule has 0 saturated carbocycles. The molecule has 6 heteroatoms. The zero-order chi connectivity index (χ0) is 19.0. The van der Waals surface area contributed by atoms with Crippen LogP contribution >= 0.6 is 0 Å². The lowest BCUT2D eigenvalue weighted by molar-refractivity contribution is -0.114. The van der Waals surface area contributed by atoms with Crippen LogP contribution in [-0.2, 0) is 11.8 Å². The van der Waals surface area contributed by atoms with Crippen LogP contribution in [0.15, 0.2) is 30.6 Å². The Balaban J connectivity index is 2.19. The first-order valence-corrected chi connectivity index (χ1v) is 8.38. The van der Waals surface area contributed by atoms with Crippen molar-refractivity contribution in [2.45, 2.75) is 20.8 Å². The molecule has 134 valence electrons. The average Bonchev–Trinajstić information content (AvgIpc) is 2.89. The Bertz CT molecular complexity index is 1010. The zero-order valence-corrected chi connectivity index (χ0v) is 15.6. The zero-order valence-electron chi connectivity index (χ0n) is 15.6. The molecule has 0 spiro atoms. The lowest BCUT2D eigenvalue weighted by atomic mass is 9.95. The summed E-state index contributed by atoms with van der Waals surface area (Å²) in [5, 5.41) is 6.41. The van der Waals surface area contributed by atoms with Crippen molar-refractivity contribution in [1.82, 2.24) is 14.9 Å². The molecule has 0 saturated heterocycles. The number of aryl methyl sites for hydroxylation is 3. The Morgan fingerprint density at radius 2 is 1.77 bits per heavy atom. The molecular weight excluding hydrogens is 328 g/mol. The van der Waals surface area contributed by atoms with Gasteiger partial charge in [-0.3, -0.25) is 9.59 Å². The molecule has 0 bridgehead atoms.